The molecule has 144 valence electrons. The Morgan fingerprint density at radius 3 is 2.29 bits per heavy atom. The zero-order valence-corrected chi connectivity index (χ0v) is 16.8. The predicted molar refractivity (Wildman–Crippen MR) is 113 cm³/mol. The summed E-state index contributed by atoms with van der Waals surface area (Å²) in [6.07, 6.45) is 3.12. The van der Waals surface area contributed by atoms with Gasteiger partial charge in [-0.15, -0.1) is 0 Å². The van der Waals surface area contributed by atoms with Gasteiger partial charge in [0.25, 0.3) is 5.91 Å². The van der Waals surface area contributed by atoms with Gasteiger partial charge in [-0.05, 0) is 22.6 Å². The summed E-state index contributed by atoms with van der Waals surface area (Å²) in [6.45, 7) is 7.04. The van der Waals surface area contributed by atoms with Crippen molar-refractivity contribution in [2.24, 2.45) is 0 Å². The van der Waals surface area contributed by atoms with Crippen molar-refractivity contribution in [1.29, 1.82) is 0 Å². The number of hydrogen-bond acceptors (Lipinski definition) is 4. The maximum Gasteiger partial charge on any atom is 0.274 e. The van der Waals surface area contributed by atoms with Crippen molar-refractivity contribution >= 4 is 17.4 Å². The summed E-state index contributed by atoms with van der Waals surface area (Å²) < 4.78 is 0. The van der Waals surface area contributed by atoms with E-state index in [1.165, 1.54) is 11.8 Å². The van der Waals surface area contributed by atoms with Gasteiger partial charge in [0.05, 0.1) is 12.4 Å². The molecule has 1 N–H and O–H groups in total. The van der Waals surface area contributed by atoms with Gasteiger partial charge in [0.1, 0.15) is 11.5 Å². The van der Waals surface area contributed by atoms with Crippen LogP contribution in [0.5, 0.6) is 0 Å². The first-order chi connectivity index (χ1) is 13.3. The molecule has 0 atom stereocenters. The van der Waals surface area contributed by atoms with E-state index in [2.05, 4.69) is 42.1 Å². The average Bonchev–Trinajstić information content (AvgIpc) is 2.68. The summed E-state index contributed by atoms with van der Waals surface area (Å²) >= 11 is 0. The lowest BCUT2D eigenvalue weighted by molar-refractivity contribution is 0.0779. The van der Waals surface area contributed by atoms with E-state index in [-0.39, 0.29) is 11.3 Å². The second-order valence-corrected chi connectivity index (χ2v) is 7.85. The predicted octanol–water partition coefficient (Wildman–Crippen LogP) is 4.79. The first kappa shape index (κ1) is 19.5. The third kappa shape index (κ3) is 4.74. The summed E-state index contributed by atoms with van der Waals surface area (Å²) in [7, 11) is 1.77. The summed E-state index contributed by atoms with van der Waals surface area (Å²) in [6, 6.07) is 18.0. The van der Waals surface area contributed by atoms with Crippen LogP contribution in [0.25, 0.3) is 0 Å². The highest BCUT2D eigenvalue weighted by atomic mass is 16.2. The van der Waals surface area contributed by atoms with E-state index in [1.807, 2.05) is 48.5 Å². The van der Waals surface area contributed by atoms with Gasteiger partial charge in [0.15, 0.2) is 0 Å². The second kappa shape index (κ2) is 8.21. The Bertz CT molecular complexity index is 931. The molecule has 1 amide bonds. The van der Waals surface area contributed by atoms with Crippen LogP contribution in [0.1, 0.15) is 42.4 Å². The molecule has 0 aliphatic rings. The number of rotatable bonds is 5. The molecule has 0 aliphatic heterocycles. The molecule has 0 radical (unpaired) electrons. The zero-order chi connectivity index (χ0) is 20.1. The first-order valence-electron chi connectivity index (χ1n) is 9.32. The highest BCUT2D eigenvalue weighted by Crippen LogP contribution is 2.30. The van der Waals surface area contributed by atoms with Crippen molar-refractivity contribution < 1.29 is 4.79 Å². The third-order valence-corrected chi connectivity index (χ3v) is 4.48. The highest BCUT2D eigenvalue weighted by molar-refractivity contribution is 5.91. The number of nitrogens with one attached hydrogen (secondary N) is 1. The van der Waals surface area contributed by atoms with E-state index in [0.29, 0.717) is 18.1 Å². The van der Waals surface area contributed by atoms with E-state index >= 15 is 0 Å². The van der Waals surface area contributed by atoms with Gasteiger partial charge in [0.2, 0.25) is 0 Å². The molecule has 0 aliphatic carbocycles. The number of amides is 1. The molecule has 1 heterocycles. The minimum atomic E-state index is -0.155. The lowest BCUT2D eigenvalue weighted by atomic mass is 9.86. The molecule has 1 aromatic heterocycles. The zero-order valence-electron chi connectivity index (χ0n) is 16.8. The summed E-state index contributed by atoms with van der Waals surface area (Å²) in [5, 5.41) is 3.32. The Kier molecular flexibility index (Phi) is 5.73. The highest BCUT2D eigenvalue weighted by Gasteiger charge is 2.18. The molecule has 0 unspecified atom stereocenters. The first-order valence-corrected chi connectivity index (χ1v) is 9.32. The molecule has 5 nitrogen and oxygen atoms in total. The number of nitrogens with zero attached hydrogens (tertiary/aromatic N) is 3. The van der Waals surface area contributed by atoms with E-state index < -0.39 is 0 Å². The fourth-order valence-corrected chi connectivity index (χ4v) is 3.01. The molecule has 28 heavy (non-hydrogen) atoms. The maximum atomic E-state index is 12.6. The van der Waals surface area contributed by atoms with Crippen molar-refractivity contribution in [2.75, 3.05) is 12.4 Å². The minimum absolute atomic E-state index is 0.00702. The summed E-state index contributed by atoms with van der Waals surface area (Å²) in [5.74, 6) is 0.456. The number of hydrogen-bond donors (Lipinski definition) is 1. The topological polar surface area (TPSA) is 58.1 Å². The fourth-order valence-electron chi connectivity index (χ4n) is 3.01. The fraction of sp³-hybridized carbons (Fsp3) is 0.261. The van der Waals surface area contributed by atoms with Gasteiger partial charge < -0.3 is 10.2 Å². The number of anilines is 2. The molecule has 2 aromatic carbocycles. The van der Waals surface area contributed by atoms with Crippen LogP contribution < -0.4 is 5.32 Å². The van der Waals surface area contributed by atoms with Gasteiger partial charge in [-0.1, -0.05) is 69.3 Å². The SMILES string of the molecule is CN(Cc1ccccc1)C(=O)c1cnc(Nc2ccccc2C(C)(C)C)cn1. The standard InChI is InChI=1S/C23H26N4O/c1-23(2,3)18-12-8-9-13-19(18)26-21-15-24-20(14-25-21)22(28)27(4)16-17-10-6-5-7-11-17/h5-15H,16H2,1-4H3,(H,25,26). The van der Waals surface area contributed by atoms with Crippen LogP contribution in [0.2, 0.25) is 0 Å². The van der Waals surface area contributed by atoms with E-state index in [1.54, 1.807) is 18.1 Å². The van der Waals surface area contributed by atoms with Gasteiger partial charge in [-0.2, -0.15) is 0 Å². The molecule has 3 rings (SSSR count). The molecule has 0 fully saturated rings. The Morgan fingerprint density at radius 2 is 1.64 bits per heavy atom. The van der Waals surface area contributed by atoms with Crippen LogP contribution in [0.3, 0.4) is 0 Å². The second-order valence-electron chi connectivity index (χ2n) is 7.85. The van der Waals surface area contributed by atoms with Gasteiger partial charge >= 0.3 is 0 Å². The Morgan fingerprint density at radius 1 is 0.964 bits per heavy atom. The molecule has 0 saturated heterocycles. The van der Waals surface area contributed by atoms with Crippen molar-refractivity contribution in [1.82, 2.24) is 14.9 Å². The van der Waals surface area contributed by atoms with Crippen LogP contribution in [-0.2, 0) is 12.0 Å². The van der Waals surface area contributed by atoms with Crippen molar-refractivity contribution in [3.63, 3.8) is 0 Å². The number of benzene rings is 2. The summed E-state index contributed by atoms with van der Waals surface area (Å²) in [5.41, 5.74) is 3.59. The molecular weight excluding hydrogens is 348 g/mol. The van der Waals surface area contributed by atoms with Crippen LogP contribution >= 0.6 is 0 Å². The quantitative estimate of drug-likeness (QED) is 0.697. The molecule has 5 heteroatoms. The molecule has 3 aromatic rings. The minimum Gasteiger partial charge on any atom is -0.339 e. The lowest BCUT2D eigenvalue weighted by Crippen LogP contribution is -2.27. The number of carbonyl (C=O) groups excluding carboxylic acids is 1. The van der Waals surface area contributed by atoms with Crippen LogP contribution in [0.15, 0.2) is 67.0 Å². The number of aromatic nitrogens is 2. The van der Waals surface area contributed by atoms with Crippen molar-refractivity contribution in [3.05, 3.63) is 83.8 Å². The smallest absolute Gasteiger partial charge is 0.274 e. The van der Waals surface area contributed by atoms with Crippen molar-refractivity contribution in [2.45, 2.75) is 32.7 Å². The third-order valence-electron chi connectivity index (χ3n) is 4.48. The Labute approximate surface area is 166 Å². The van der Waals surface area contributed by atoms with Crippen molar-refractivity contribution in [3.8, 4) is 0 Å². The van der Waals surface area contributed by atoms with E-state index in [9.17, 15) is 4.79 Å². The van der Waals surface area contributed by atoms with Gasteiger partial charge in [-0.3, -0.25) is 4.79 Å². The maximum absolute atomic E-state index is 12.6. The molecule has 0 bridgehead atoms. The lowest BCUT2D eigenvalue weighted by Gasteiger charge is -2.23. The van der Waals surface area contributed by atoms with Crippen LogP contribution in [0.4, 0.5) is 11.5 Å². The Hall–Kier alpha value is -3.21. The van der Waals surface area contributed by atoms with Crippen LogP contribution in [-0.4, -0.2) is 27.8 Å². The average molecular weight is 374 g/mol. The number of para-hydroxylation sites is 1. The monoisotopic (exact) mass is 374 g/mol. The van der Waals surface area contributed by atoms with Gasteiger partial charge in [-0.25, -0.2) is 9.97 Å². The van der Waals surface area contributed by atoms with Gasteiger partial charge in [0, 0.05) is 19.3 Å². The molecule has 0 saturated carbocycles. The van der Waals surface area contributed by atoms with E-state index in [4.69, 9.17) is 0 Å². The summed E-state index contributed by atoms with van der Waals surface area (Å²) in [4.78, 5) is 22.9. The normalized spacial score (nSPS) is 11.1. The number of carbonyl (C=O) groups is 1. The largest absolute Gasteiger partial charge is 0.339 e. The van der Waals surface area contributed by atoms with Crippen LogP contribution in [0, 0.1) is 0 Å². The Balaban J connectivity index is 1.71. The molecule has 0 spiro atoms. The molecular formula is C23H26N4O. The van der Waals surface area contributed by atoms with E-state index in [0.717, 1.165) is 11.3 Å².